The summed E-state index contributed by atoms with van der Waals surface area (Å²) in [6.07, 6.45) is 3.82. The number of aromatic nitrogens is 2. The number of carbonyl (C=O) groups is 1. The number of aryl methyl sites for hydroxylation is 1. The smallest absolute Gasteiger partial charge is 0.280 e. The molecule has 1 aliphatic heterocycles. The van der Waals surface area contributed by atoms with Gasteiger partial charge in [0.05, 0.1) is 5.69 Å². The molecular formula is C30H30N4O2. The molecule has 1 fully saturated rings. The van der Waals surface area contributed by atoms with Gasteiger partial charge in [-0.3, -0.25) is 14.5 Å². The van der Waals surface area contributed by atoms with Gasteiger partial charge in [0.2, 0.25) is 0 Å². The Bertz CT molecular complexity index is 1390. The van der Waals surface area contributed by atoms with E-state index in [9.17, 15) is 9.59 Å². The maximum absolute atomic E-state index is 13.6. The molecule has 0 saturated carbocycles. The fourth-order valence-corrected chi connectivity index (χ4v) is 4.79. The van der Waals surface area contributed by atoms with E-state index in [0.29, 0.717) is 16.9 Å². The second-order valence-electron chi connectivity index (χ2n) is 9.25. The molecule has 0 radical (unpaired) electrons. The molecule has 0 bridgehead atoms. The molecule has 3 aromatic carbocycles. The van der Waals surface area contributed by atoms with Crippen LogP contribution in [0.25, 0.3) is 22.4 Å². The normalized spacial score (nSPS) is 13.9. The Labute approximate surface area is 211 Å². The van der Waals surface area contributed by atoms with Gasteiger partial charge in [-0.25, -0.2) is 4.68 Å². The molecule has 0 atom stereocenters. The zero-order chi connectivity index (χ0) is 24.9. The highest BCUT2D eigenvalue weighted by atomic mass is 16.2. The van der Waals surface area contributed by atoms with Crippen LogP contribution in [0.5, 0.6) is 0 Å². The number of carbonyl (C=O) groups excluding carboxylic acids is 1. The quantitative estimate of drug-likeness (QED) is 0.406. The number of rotatable bonds is 6. The number of piperidine rings is 1. The summed E-state index contributed by atoms with van der Waals surface area (Å²) in [6.45, 7) is 3.18. The van der Waals surface area contributed by atoms with Crippen molar-refractivity contribution < 1.29 is 4.79 Å². The molecule has 1 amide bonds. The summed E-state index contributed by atoms with van der Waals surface area (Å²) in [4.78, 5) is 29.4. The highest BCUT2D eigenvalue weighted by Gasteiger charge is 2.24. The first kappa shape index (κ1) is 23.7. The molecule has 1 aromatic heterocycles. The van der Waals surface area contributed by atoms with E-state index in [1.807, 2.05) is 84.9 Å². The first-order valence-corrected chi connectivity index (χ1v) is 12.4. The molecular weight excluding hydrogens is 448 g/mol. The van der Waals surface area contributed by atoms with Crippen molar-refractivity contribution in [3.05, 3.63) is 106 Å². The molecule has 1 saturated heterocycles. The van der Waals surface area contributed by atoms with Crippen LogP contribution in [-0.4, -0.2) is 33.7 Å². The lowest BCUT2D eigenvalue weighted by molar-refractivity contribution is 0.102. The average molecular weight is 479 g/mol. The van der Waals surface area contributed by atoms with Crippen molar-refractivity contribution in [2.24, 2.45) is 7.05 Å². The molecule has 6 heteroatoms. The minimum absolute atomic E-state index is 0.0787. The summed E-state index contributed by atoms with van der Waals surface area (Å²) < 4.78 is 1.24. The van der Waals surface area contributed by atoms with Crippen LogP contribution in [0.15, 0.2) is 89.7 Å². The van der Waals surface area contributed by atoms with Crippen molar-refractivity contribution in [3.8, 4) is 22.4 Å². The Morgan fingerprint density at radius 2 is 1.44 bits per heavy atom. The Hall–Kier alpha value is -4.03. The monoisotopic (exact) mass is 478 g/mol. The average Bonchev–Trinajstić information content (AvgIpc) is 2.92. The van der Waals surface area contributed by atoms with Gasteiger partial charge in [-0.2, -0.15) is 5.10 Å². The summed E-state index contributed by atoms with van der Waals surface area (Å²) in [5.74, 6) is -0.446. The molecule has 0 spiro atoms. The van der Waals surface area contributed by atoms with Gasteiger partial charge >= 0.3 is 0 Å². The van der Waals surface area contributed by atoms with Gasteiger partial charge in [0, 0.05) is 30.4 Å². The molecule has 36 heavy (non-hydrogen) atoms. The van der Waals surface area contributed by atoms with Gasteiger partial charge in [0.15, 0.2) is 0 Å². The number of anilines is 1. The van der Waals surface area contributed by atoms with Crippen molar-refractivity contribution in [1.82, 2.24) is 14.7 Å². The van der Waals surface area contributed by atoms with Crippen molar-refractivity contribution in [1.29, 1.82) is 0 Å². The van der Waals surface area contributed by atoms with Crippen molar-refractivity contribution in [3.63, 3.8) is 0 Å². The Morgan fingerprint density at radius 3 is 2.08 bits per heavy atom. The van der Waals surface area contributed by atoms with Crippen LogP contribution in [0.2, 0.25) is 0 Å². The number of hydrogen-bond acceptors (Lipinski definition) is 4. The minimum Gasteiger partial charge on any atom is -0.322 e. The minimum atomic E-state index is -0.446. The van der Waals surface area contributed by atoms with Crippen LogP contribution in [0.3, 0.4) is 0 Å². The molecule has 182 valence electrons. The van der Waals surface area contributed by atoms with Gasteiger partial charge in [-0.15, -0.1) is 0 Å². The number of likely N-dealkylation sites (tertiary alicyclic amines) is 1. The van der Waals surface area contributed by atoms with Crippen LogP contribution < -0.4 is 10.9 Å². The van der Waals surface area contributed by atoms with E-state index in [-0.39, 0.29) is 5.56 Å². The lowest BCUT2D eigenvalue weighted by Crippen LogP contribution is -2.31. The summed E-state index contributed by atoms with van der Waals surface area (Å²) in [6, 6.07) is 27.0. The summed E-state index contributed by atoms with van der Waals surface area (Å²) >= 11 is 0. The van der Waals surface area contributed by atoms with Crippen molar-refractivity contribution in [2.45, 2.75) is 25.8 Å². The van der Waals surface area contributed by atoms with Gasteiger partial charge in [-0.05, 0) is 49.2 Å². The standard InChI is InChI=1S/C30H30N4O2/c1-33-30(36)27(26(23-11-5-2-6-12-23)28(32-33)24-13-7-3-8-14-24)29(35)31-25-17-15-22(16-18-25)21-34-19-9-4-10-20-34/h2-3,5-8,11-18H,4,9-10,19-21H2,1H3,(H,31,35). The number of benzene rings is 3. The van der Waals surface area contributed by atoms with E-state index >= 15 is 0 Å². The first-order valence-electron chi connectivity index (χ1n) is 12.4. The maximum atomic E-state index is 13.6. The van der Waals surface area contributed by atoms with E-state index in [4.69, 9.17) is 0 Å². The van der Waals surface area contributed by atoms with E-state index < -0.39 is 11.5 Å². The second-order valence-corrected chi connectivity index (χ2v) is 9.25. The molecule has 5 rings (SSSR count). The highest BCUT2D eigenvalue weighted by molar-refractivity contribution is 6.10. The predicted octanol–water partition coefficient (Wildman–Crippen LogP) is 5.35. The zero-order valence-corrected chi connectivity index (χ0v) is 20.5. The zero-order valence-electron chi connectivity index (χ0n) is 20.5. The van der Waals surface area contributed by atoms with Crippen LogP contribution in [0, 0.1) is 0 Å². The SMILES string of the molecule is Cn1nc(-c2ccccc2)c(-c2ccccc2)c(C(=O)Nc2ccc(CN3CCCCC3)cc2)c1=O. The fourth-order valence-electron chi connectivity index (χ4n) is 4.79. The first-order chi connectivity index (χ1) is 17.6. The predicted molar refractivity (Wildman–Crippen MR) is 144 cm³/mol. The molecule has 4 aromatic rings. The van der Waals surface area contributed by atoms with Crippen LogP contribution in [-0.2, 0) is 13.6 Å². The lowest BCUT2D eigenvalue weighted by Gasteiger charge is -2.26. The van der Waals surface area contributed by atoms with Crippen LogP contribution in [0.1, 0.15) is 35.2 Å². The number of nitrogens with zero attached hydrogens (tertiary/aromatic N) is 3. The topological polar surface area (TPSA) is 67.2 Å². The molecule has 2 heterocycles. The van der Waals surface area contributed by atoms with E-state index in [1.165, 1.54) is 29.5 Å². The number of nitrogens with one attached hydrogen (secondary N) is 1. The molecule has 0 unspecified atom stereocenters. The van der Waals surface area contributed by atoms with Crippen LogP contribution in [0.4, 0.5) is 5.69 Å². The largest absolute Gasteiger partial charge is 0.322 e. The Balaban J connectivity index is 1.50. The molecule has 6 nitrogen and oxygen atoms in total. The number of hydrogen-bond donors (Lipinski definition) is 1. The Morgan fingerprint density at radius 1 is 0.833 bits per heavy atom. The summed E-state index contributed by atoms with van der Waals surface area (Å²) in [5.41, 5.74) is 4.23. The second kappa shape index (κ2) is 10.7. The van der Waals surface area contributed by atoms with Gasteiger partial charge in [0.25, 0.3) is 11.5 Å². The Kier molecular flexibility index (Phi) is 7.05. The number of amides is 1. The molecule has 1 N–H and O–H groups in total. The molecule has 1 aliphatic rings. The lowest BCUT2D eigenvalue weighted by atomic mass is 9.95. The third-order valence-electron chi connectivity index (χ3n) is 6.65. The van der Waals surface area contributed by atoms with Gasteiger partial charge < -0.3 is 5.32 Å². The fraction of sp³-hybridized carbons (Fsp3) is 0.233. The van der Waals surface area contributed by atoms with Gasteiger partial charge in [0.1, 0.15) is 5.56 Å². The third-order valence-corrected chi connectivity index (χ3v) is 6.65. The maximum Gasteiger partial charge on any atom is 0.280 e. The van der Waals surface area contributed by atoms with Crippen LogP contribution >= 0.6 is 0 Å². The van der Waals surface area contributed by atoms with E-state index in [1.54, 1.807) is 7.05 Å². The van der Waals surface area contributed by atoms with Crippen molar-refractivity contribution in [2.75, 3.05) is 18.4 Å². The summed E-state index contributed by atoms with van der Waals surface area (Å²) in [5, 5.41) is 7.51. The van der Waals surface area contributed by atoms with Crippen molar-refractivity contribution >= 4 is 11.6 Å². The highest BCUT2D eigenvalue weighted by Crippen LogP contribution is 2.32. The van der Waals surface area contributed by atoms with E-state index in [2.05, 4.69) is 15.3 Å². The molecule has 0 aliphatic carbocycles. The third kappa shape index (κ3) is 5.14. The summed E-state index contributed by atoms with van der Waals surface area (Å²) in [7, 11) is 1.58. The van der Waals surface area contributed by atoms with E-state index in [0.717, 1.165) is 30.8 Å². The van der Waals surface area contributed by atoms with Gasteiger partial charge in [-0.1, -0.05) is 79.2 Å².